The molecule has 0 aromatic heterocycles. The Balaban J connectivity index is 0.00000361. The van der Waals surface area contributed by atoms with E-state index in [1.54, 1.807) is 7.11 Å². The maximum Gasteiger partial charge on any atom is 0.223 e. The van der Waals surface area contributed by atoms with Crippen molar-refractivity contribution in [1.29, 1.82) is 0 Å². The second-order valence-electron chi connectivity index (χ2n) is 3.98. The highest BCUT2D eigenvalue weighted by atomic mass is 35.5. The van der Waals surface area contributed by atoms with E-state index in [9.17, 15) is 4.79 Å². The number of hydrogen-bond donors (Lipinski definition) is 2. The van der Waals surface area contributed by atoms with Crippen molar-refractivity contribution < 1.29 is 14.3 Å². The number of hydrogen-bond acceptors (Lipinski definition) is 4. The zero-order valence-corrected chi connectivity index (χ0v) is 12.8. The summed E-state index contributed by atoms with van der Waals surface area (Å²) in [7, 11) is 1.62. The van der Waals surface area contributed by atoms with Gasteiger partial charge in [0.05, 0.1) is 20.1 Å². The fraction of sp³-hybridized carbons (Fsp3) is 0.500. The molecule has 0 aliphatic heterocycles. The van der Waals surface area contributed by atoms with Gasteiger partial charge in [-0.05, 0) is 30.8 Å². The maximum absolute atomic E-state index is 11.5. The van der Waals surface area contributed by atoms with E-state index in [0.29, 0.717) is 19.6 Å². The number of carbonyl (C=O) groups is 1. The zero-order chi connectivity index (χ0) is 13.9. The van der Waals surface area contributed by atoms with E-state index in [1.807, 2.05) is 31.2 Å². The van der Waals surface area contributed by atoms with Crippen LogP contribution in [0.3, 0.4) is 0 Å². The van der Waals surface area contributed by atoms with Gasteiger partial charge in [-0.25, -0.2) is 0 Å². The number of amides is 1. The number of rotatable bonds is 9. The number of ether oxygens (including phenoxy) is 2. The largest absolute Gasteiger partial charge is 0.497 e. The lowest BCUT2D eigenvalue weighted by Crippen LogP contribution is -2.32. The smallest absolute Gasteiger partial charge is 0.223 e. The molecular formula is C14H23ClN2O3. The number of methoxy groups -OCH3 is 1. The van der Waals surface area contributed by atoms with Crippen LogP contribution in [0, 0.1) is 0 Å². The summed E-state index contributed by atoms with van der Waals surface area (Å²) in [5.41, 5.74) is 0. The Labute approximate surface area is 126 Å². The molecule has 0 unspecified atom stereocenters. The quantitative estimate of drug-likeness (QED) is 0.681. The SMILES string of the molecule is CCNCCNC(=O)CCOc1ccc(OC)cc1.Cl. The van der Waals surface area contributed by atoms with Crippen LogP contribution in [0.4, 0.5) is 0 Å². The molecule has 2 N–H and O–H groups in total. The maximum atomic E-state index is 11.5. The first-order valence-corrected chi connectivity index (χ1v) is 6.50. The third-order valence-corrected chi connectivity index (χ3v) is 2.53. The van der Waals surface area contributed by atoms with Crippen molar-refractivity contribution in [2.45, 2.75) is 13.3 Å². The number of halogens is 1. The Morgan fingerprint density at radius 3 is 2.40 bits per heavy atom. The third-order valence-electron chi connectivity index (χ3n) is 2.53. The van der Waals surface area contributed by atoms with Crippen molar-refractivity contribution in [3.63, 3.8) is 0 Å². The molecule has 6 heteroatoms. The third kappa shape index (κ3) is 7.86. The van der Waals surface area contributed by atoms with Gasteiger partial charge in [0.25, 0.3) is 0 Å². The molecule has 0 fully saturated rings. The monoisotopic (exact) mass is 302 g/mol. The molecule has 0 saturated heterocycles. The Morgan fingerprint density at radius 1 is 1.15 bits per heavy atom. The highest BCUT2D eigenvalue weighted by Gasteiger charge is 2.01. The molecule has 0 aliphatic carbocycles. The highest BCUT2D eigenvalue weighted by molar-refractivity contribution is 5.85. The lowest BCUT2D eigenvalue weighted by Gasteiger charge is -2.08. The van der Waals surface area contributed by atoms with Gasteiger partial charge in [0.1, 0.15) is 11.5 Å². The van der Waals surface area contributed by atoms with Gasteiger partial charge in [0.2, 0.25) is 5.91 Å². The van der Waals surface area contributed by atoms with E-state index in [0.717, 1.165) is 24.6 Å². The minimum absolute atomic E-state index is 0. The fourth-order valence-corrected chi connectivity index (χ4v) is 1.49. The summed E-state index contributed by atoms with van der Waals surface area (Å²) in [5, 5.41) is 5.96. The van der Waals surface area contributed by atoms with E-state index in [-0.39, 0.29) is 18.3 Å². The molecule has 0 radical (unpaired) electrons. The topological polar surface area (TPSA) is 59.6 Å². The normalized spacial score (nSPS) is 9.50. The average Bonchev–Trinajstić information content (AvgIpc) is 2.44. The van der Waals surface area contributed by atoms with Crippen LogP contribution in [-0.2, 0) is 4.79 Å². The molecule has 0 aliphatic rings. The van der Waals surface area contributed by atoms with Gasteiger partial charge in [0.15, 0.2) is 0 Å². The van der Waals surface area contributed by atoms with Crippen LogP contribution in [0.1, 0.15) is 13.3 Å². The van der Waals surface area contributed by atoms with Crippen molar-refractivity contribution in [3.8, 4) is 11.5 Å². The summed E-state index contributed by atoms with van der Waals surface area (Å²) in [6.07, 6.45) is 0.359. The van der Waals surface area contributed by atoms with Crippen molar-refractivity contribution in [2.24, 2.45) is 0 Å². The predicted octanol–water partition coefficient (Wildman–Crippen LogP) is 1.61. The zero-order valence-electron chi connectivity index (χ0n) is 12.0. The number of benzene rings is 1. The molecule has 114 valence electrons. The van der Waals surface area contributed by atoms with Crippen LogP contribution in [0.25, 0.3) is 0 Å². The fourth-order valence-electron chi connectivity index (χ4n) is 1.49. The van der Waals surface area contributed by atoms with Gasteiger partial charge in [0, 0.05) is 13.1 Å². The molecule has 20 heavy (non-hydrogen) atoms. The molecule has 0 saturated carbocycles. The summed E-state index contributed by atoms with van der Waals surface area (Å²) < 4.78 is 10.5. The first kappa shape index (κ1) is 18.5. The highest BCUT2D eigenvalue weighted by Crippen LogP contribution is 2.16. The Hall–Kier alpha value is -1.46. The van der Waals surface area contributed by atoms with Crippen molar-refractivity contribution in [2.75, 3.05) is 33.4 Å². The van der Waals surface area contributed by atoms with Gasteiger partial charge in [-0.2, -0.15) is 0 Å². The molecule has 1 aromatic carbocycles. The molecule has 0 spiro atoms. The average molecular weight is 303 g/mol. The molecule has 1 amide bonds. The first-order chi connectivity index (χ1) is 9.26. The number of carbonyl (C=O) groups excluding carboxylic acids is 1. The van der Waals surface area contributed by atoms with Gasteiger partial charge < -0.3 is 20.1 Å². The van der Waals surface area contributed by atoms with Crippen LogP contribution in [0.2, 0.25) is 0 Å². The Bertz CT molecular complexity index is 371. The summed E-state index contributed by atoms with van der Waals surface area (Å²) in [6, 6.07) is 7.29. The van der Waals surface area contributed by atoms with Crippen molar-refractivity contribution in [3.05, 3.63) is 24.3 Å². The number of likely N-dealkylation sites (N-methyl/N-ethyl adjacent to an activating group) is 1. The van der Waals surface area contributed by atoms with E-state index in [2.05, 4.69) is 10.6 Å². The minimum Gasteiger partial charge on any atom is -0.497 e. The van der Waals surface area contributed by atoms with Gasteiger partial charge in [-0.3, -0.25) is 4.79 Å². The molecule has 0 heterocycles. The first-order valence-electron chi connectivity index (χ1n) is 6.50. The van der Waals surface area contributed by atoms with Crippen molar-refractivity contribution in [1.82, 2.24) is 10.6 Å². The van der Waals surface area contributed by atoms with E-state index in [4.69, 9.17) is 9.47 Å². The van der Waals surface area contributed by atoms with Crippen LogP contribution in [0.15, 0.2) is 24.3 Å². The second-order valence-corrected chi connectivity index (χ2v) is 3.98. The van der Waals surface area contributed by atoms with Crippen molar-refractivity contribution >= 4 is 18.3 Å². The summed E-state index contributed by atoms with van der Waals surface area (Å²) in [6.45, 7) is 4.76. The van der Waals surface area contributed by atoms with Crippen LogP contribution in [0.5, 0.6) is 11.5 Å². The molecule has 1 aromatic rings. The van der Waals surface area contributed by atoms with Crippen LogP contribution >= 0.6 is 12.4 Å². The molecule has 0 atom stereocenters. The molecule has 0 bridgehead atoms. The molecule has 5 nitrogen and oxygen atoms in total. The van der Waals surface area contributed by atoms with Gasteiger partial charge >= 0.3 is 0 Å². The van der Waals surface area contributed by atoms with Gasteiger partial charge in [-0.1, -0.05) is 6.92 Å². The summed E-state index contributed by atoms with van der Waals surface area (Å²) in [4.78, 5) is 11.5. The Kier molecular flexibility index (Phi) is 10.5. The van der Waals surface area contributed by atoms with E-state index < -0.39 is 0 Å². The lowest BCUT2D eigenvalue weighted by molar-refractivity contribution is -0.121. The standard InChI is InChI=1S/C14H22N2O3.ClH/c1-3-15-9-10-16-14(17)8-11-19-13-6-4-12(18-2)5-7-13;/h4-7,15H,3,8-11H2,1-2H3,(H,16,17);1H. The van der Waals surface area contributed by atoms with Crippen LogP contribution < -0.4 is 20.1 Å². The predicted molar refractivity (Wildman–Crippen MR) is 81.9 cm³/mol. The van der Waals surface area contributed by atoms with E-state index in [1.165, 1.54) is 0 Å². The number of nitrogens with one attached hydrogen (secondary N) is 2. The molecular weight excluding hydrogens is 280 g/mol. The Morgan fingerprint density at radius 2 is 1.80 bits per heavy atom. The molecule has 1 rings (SSSR count). The summed E-state index contributed by atoms with van der Waals surface area (Å²) in [5.74, 6) is 1.53. The van der Waals surface area contributed by atoms with Crippen LogP contribution in [-0.4, -0.2) is 39.3 Å². The van der Waals surface area contributed by atoms with Gasteiger partial charge in [-0.15, -0.1) is 12.4 Å². The summed E-state index contributed by atoms with van der Waals surface area (Å²) >= 11 is 0. The second kappa shape index (κ2) is 11.4. The minimum atomic E-state index is 0. The van der Waals surface area contributed by atoms with E-state index >= 15 is 0 Å². The lowest BCUT2D eigenvalue weighted by atomic mass is 10.3.